The largest absolute Gasteiger partial charge is 0.345 e. The van der Waals surface area contributed by atoms with Gasteiger partial charge in [0.1, 0.15) is 0 Å². The van der Waals surface area contributed by atoms with E-state index in [1.54, 1.807) is 53.8 Å². The molecule has 0 aliphatic carbocycles. The van der Waals surface area contributed by atoms with Crippen molar-refractivity contribution in [3.05, 3.63) is 81.5 Å². The quantitative estimate of drug-likeness (QED) is 0.616. The highest BCUT2D eigenvalue weighted by Gasteiger charge is 2.16. The molecule has 0 aliphatic heterocycles. The third-order valence-electron chi connectivity index (χ3n) is 4.51. The lowest BCUT2D eigenvalue weighted by Crippen LogP contribution is -2.26. The van der Waals surface area contributed by atoms with Crippen LogP contribution in [0.5, 0.6) is 0 Å². The number of amides is 1. The molecule has 0 bridgehead atoms. The molecule has 0 saturated heterocycles. The van der Waals surface area contributed by atoms with Crippen molar-refractivity contribution in [1.82, 2.24) is 5.32 Å². The number of anilines is 1. The number of hydrogen-bond donors (Lipinski definition) is 2. The zero-order valence-corrected chi connectivity index (χ0v) is 17.5. The van der Waals surface area contributed by atoms with Crippen LogP contribution in [0.15, 0.2) is 64.9 Å². The number of rotatable bonds is 6. The number of nitrogens with one attached hydrogen (secondary N) is 2. The molecule has 1 heterocycles. The first kappa shape index (κ1) is 20.1. The molecule has 2 aromatic carbocycles. The van der Waals surface area contributed by atoms with Gasteiger partial charge in [-0.05, 0) is 79.7 Å². The first-order valence-corrected chi connectivity index (χ1v) is 11.2. The maximum absolute atomic E-state index is 12.6. The van der Waals surface area contributed by atoms with Crippen LogP contribution in [0.2, 0.25) is 0 Å². The van der Waals surface area contributed by atoms with Crippen molar-refractivity contribution in [2.45, 2.75) is 31.7 Å². The standard InChI is InChI=1S/C21H22N2O3S2/c1-14-6-11-19(13-15(14)2)28(25,26)23-18-9-7-17(8-10-18)21(24)22-16(3)20-5-4-12-27-20/h4-13,16,23H,1-3H3,(H,22,24). The molecule has 1 amide bonds. The summed E-state index contributed by atoms with van der Waals surface area (Å²) in [7, 11) is -3.68. The van der Waals surface area contributed by atoms with E-state index in [0.717, 1.165) is 16.0 Å². The molecule has 146 valence electrons. The number of hydrogen-bond acceptors (Lipinski definition) is 4. The van der Waals surface area contributed by atoms with Crippen molar-refractivity contribution >= 4 is 33.0 Å². The highest BCUT2D eigenvalue weighted by molar-refractivity contribution is 7.92. The smallest absolute Gasteiger partial charge is 0.261 e. The van der Waals surface area contributed by atoms with Crippen LogP contribution in [0.25, 0.3) is 0 Å². The summed E-state index contributed by atoms with van der Waals surface area (Å²) in [6.07, 6.45) is 0. The van der Waals surface area contributed by atoms with Crippen LogP contribution >= 0.6 is 11.3 Å². The number of sulfonamides is 1. The summed E-state index contributed by atoms with van der Waals surface area (Å²) in [5, 5.41) is 4.90. The van der Waals surface area contributed by atoms with E-state index < -0.39 is 10.0 Å². The van der Waals surface area contributed by atoms with Gasteiger partial charge in [0.05, 0.1) is 10.9 Å². The van der Waals surface area contributed by atoms with E-state index in [2.05, 4.69) is 10.0 Å². The molecule has 2 N–H and O–H groups in total. The van der Waals surface area contributed by atoms with Crippen LogP contribution < -0.4 is 10.0 Å². The molecule has 1 aromatic heterocycles. The van der Waals surface area contributed by atoms with Gasteiger partial charge in [-0.3, -0.25) is 9.52 Å². The number of thiophene rings is 1. The predicted molar refractivity (Wildman–Crippen MR) is 113 cm³/mol. The Morgan fingerprint density at radius 3 is 2.32 bits per heavy atom. The van der Waals surface area contributed by atoms with Crippen molar-refractivity contribution < 1.29 is 13.2 Å². The molecule has 0 spiro atoms. The Labute approximate surface area is 169 Å². The van der Waals surface area contributed by atoms with Gasteiger partial charge in [-0.2, -0.15) is 0 Å². The minimum absolute atomic E-state index is 0.0875. The SMILES string of the molecule is Cc1ccc(S(=O)(=O)Nc2ccc(C(=O)NC(C)c3cccs3)cc2)cc1C. The Bertz CT molecular complexity index is 1070. The van der Waals surface area contributed by atoms with Crippen LogP contribution in [0.4, 0.5) is 5.69 Å². The van der Waals surface area contributed by atoms with Gasteiger partial charge in [0.25, 0.3) is 15.9 Å². The average molecular weight is 415 g/mol. The van der Waals surface area contributed by atoms with Crippen molar-refractivity contribution in [2.75, 3.05) is 4.72 Å². The van der Waals surface area contributed by atoms with Crippen LogP contribution in [-0.4, -0.2) is 14.3 Å². The number of benzene rings is 2. The van der Waals surface area contributed by atoms with Gasteiger partial charge in [0.2, 0.25) is 0 Å². The molecular formula is C21H22N2O3S2. The highest BCUT2D eigenvalue weighted by atomic mass is 32.2. The average Bonchev–Trinajstić information content (AvgIpc) is 3.19. The second-order valence-electron chi connectivity index (χ2n) is 6.64. The molecule has 5 nitrogen and oxygen atoms in total. The fourth-order valence-electron chi connectivity index (χ4n) is 2.67. The first-order valence-electron chi connectivity index (χ1n) is 8.80. The second kappa shape index (κ2) is 8.16. The third-order valence-corrected chi connectivity index (χ3v) is 6.94. The summed E-state index contributed by atoms with van der Waals surface area (Å²) >= 11 is 1.59. The highest BCUT2D eigenvalue weighted by Crippen LogP contribution is 2.21. The van der Waals surface area contributed by atoms with E-state index in [1.165, 1.54) is 0 Å². The summed E-state index contributed by atoms with van der Waals surface area (Å²) in [5.74, 6) is -0.204. The summed E-state index contributed by atoms with van der Waals surface area (Å²) in [6, 6.07) is 15.2. The van der Waals surface area contributed by atoms with Gasteiger partial charge in [0.15, 0.2) is 0 Å². The van der Waals surface area contributed by atoms with Crippen LogP contribution in [0, 0.1) is 13.8 Å². The molecule has 3 aromatic rings. The van der Waals surface area contributed by atoms with E-state index in [1.807, 2.05) is 38.3 Å². The molecule has 1 unspecified atom stereocenters. The van der Waals surface area contributed by atoms with Crippen molar-refractivity contribution in [2.24, 2.45) is 0 Å². The molecule has 3 rings (SSSR count). The number of carbonyl (C=O) groups is 1. The molecule has 0 radical (unpaired) electrons. The Balaban J connectivity index is 1.70. The van der Waals surface area contributed by atoms with E-state index in [4.69, 9.17) is 0 Å². The minimum Gasteiger partial charge on any atom is -0.345 e. The number of carbonyl (C=O) groups excluding carboxylic acids is 1. The van der Waals surface area contributed by atoms with Gasteiger partial charge in [-0.15, -0.1) is 11.3 Å². The van der Waals surface area contributed by atoms with Crippen LogP contribution in [-0.2, 0) is 10.0 Å². The van der Waals surface area contributed by atoms with Crippen LogP contribution in [0.1, 0.15) is 39.3 Å². The normalized spacial score (nSPS) is 12.4. The lowest BCUT2D eigenvalue weighted by atomic mass is 10.1. The predicted octanol–water partition coefficient (Wildman–Crippen LogP) is 4.66. The topological polar surface area (TPSA) is 75.3 Å². The van der Waals surface area contributed by atoms with Crippen molar-refractivity contribution in [3.8, 4) is 0 Å². The Kier molecular flexibility index (Phi) is 5.86. The lowest BCUT2D eigenvalue weighted by molar-refractivity contribution is 0.0940. The molecular weight excluding hydrogens is 392 g/mol. The van der Waals surface area contributed by atoms with Gasteiger partial charge in [-0.1, -0.05) is 12.1 Å². The molecule has 0 saturated carbocycles. The van der Waals surface area contributed by atoms with E-state index in [9.17, 15) is 13.2 Å². The Hall–Kier alpha value is -2.64. The Morgan fingerprint density at radius 2 is 1.71 bits per heavy atom. The number of aryl methyl sites for hydroxylation is 2. The summed E-state index contributed by atoms with van der Waals surface area (Å²) in [5.41, 5.74) is 2.82. The van der Waals surface area contributed by atoms with E-state index in [-0.39, 0.29) is 16.8 Å². The summed E-state index contributed by atoms with van der Waals surface area (Å²) < 4.78 is 27.7. The molecule has 0 fully saturated rings. The van der Waals surface area contributed by atoms with Gasteiger partial charge >= 0.3 is 0 Å². The molecule has 0 aliphatic rings. The van der Waals surface area contributed by atoms with Crippen LogP contribution in [0.3, 0.4) is 0 Å². The zero-order valence-electron chi connectivity index (χ0n) is 15.9. The van der Waals surface area contributed by atoms with Crippen molar-refractivity contribution in [3.63, 3.8) is 0 Å². The monoisotopic (exact) mass is 414 g/mol. The maximum Gasteiger partial charge on any atom is 0.261 e. The summed E-state index contributed by atoms with van der Waals surface area (Å²) in [6.45, 7) is 5.73. The molecule has 1 atom stereocenters. The second-order valence-corrected chi connectivity index (χ2v) is 9.30. The minimum atomic E-state index is -3.68. The summed E-state index contributed by atoms with van der Waals surface area (Å²) in [4.78, 5) is 13.7. The van der Waals surface area contributed by atoms with E-state index >= 15 is 0 Å². The van der Waals surface area contributed by atoms with Gasteiger partial charge in [0, 0.05) is 16.1 Å². The molecule has 28 heavy (non-hydrogen) atoms. The zero-order chi connectivity index (χ0) is 20.3. The van der Waals surface area contributed by atoms with E-state index in [0.29, 0.717) is 11.3 Å². The van der Waals surface area contributed by atoms with Crippen molar-refractivity contribution in [1.29, 1.82) is 0 Å². The first-order chi connectivity index (χ1) is 13.3. The third kappa shape index (κ3) is 4.61. The fraction of sp³-hybridized carbons (Fsp3) is 0.190. The molecule has 7 heteroatoms. The lowest BCUT2D eigenvalue weighted by Gasteiger charge is -2.13. The van der Waals surface area contributed by atoms with Gasteiger partial charge in [-0.25, -0.2) is 8.42 Å². The fourth-order valence-corrected chi connectivity index (χ4v) is 4.55. The maximum atomic E-state index is 12.6. The van der Waals surface area contributed by atoms with Gasteiger partial charge < -0.3 is 5.32 Å². The Morgan fingerprint density at radius 1 is 1.00 bits per heavy atom.